The molecule has 0 saturated heterocycles. The first-order valence-electron chi connectivity index (χ1n) is 6.61. The van der Waals surface area contributed by atoms with Crippen LogP contribution in [0.5, 0.6) is 5.75 Å². The van der Waals surface area contributed by atoms with Crippen LogP contribution in [0.1, 0.15) is 15.9 Å². The SMILES string of the molecule is O=C(NC[C@@H]1Cc2ccccc2O1)c1ccc(Br)cc1Cl. The van der Waals surface area contributed by atoms with Crippen LogP contribution in [0.3, 0.4) is 0 Å². The molecule has 0 spiro atoms. The molecule has 0 fully saturated rings. The molecule has 0 aromatic heterocycles. The standard InChI is InChI=1S/C16H13BrClNO2/c17-11-5-6-13(14(18)8-11)16(20)19-9-12-7-10-3-1-2-4-15(10)21-12/h1-6,8,12H,7,9H2,(H,19,20)/t12-/m0/s1. The molecule has 1 aliphatic heterocycles. The normalized spacial score (nSPS) is 16.2. The summed E-state index contributed by atoms with van der Waals surface area (Å²) in [7, 11) is 0. The van der Waals surface area contributed by atoms with Crippen LogP contribution in [0.15, 0.2) is 46.9 Å². The van der Waals surface area contributed by atoms with E-state index in [2.05, 4.69) is 21.2 Å². The number of fused-ring (bicyclic) bond motifs is 1. The van der Waals surface area contributed by atoms with E-state index in [1.165, 1.54) is 5.56 Å². The van der Waals surface area contributed by atoms with Crippen LogP contribution in [0.2, 0.25) is 5.02 Å². The lowest BCUT2D eigenvalue weighted by atomic mass is 10.1. The summed E-state index contributed by atoms with van der Waals surface area (Å²) in [6, 6.07) is 13.1. The van der Waals surface area contributed by atoms with Crippen LogP contribution < -0.4 is 10.1 Å². The molecule has 2 aromatic carbocycles. The van der Waals surface area contributed by atoms with Crippen LogP contribution >= 0.6 is 27.5 Å². The van der Waals surface area contributed by atoms with E-state index < -0.39 is 0 Å². The minimum Gasteiger partial charge on any atom is -0.488 e. The summed E-state index contributed by atoms with van der Waals surface area (Å²) >= 11 is 9.39. The number of carbonyl (C=O) groups excluding carboxylic acids is 1. The molecule has 1 atom stereocenters. The van der Waals surface area contributed by atoms with Crippen molar-refractivity contribution in [3.8, 4) is 5.75 Å². The number of rotatable bonds is 3. The Morgan fingerprint density at radius 1 is 1.33 bits per heavy atom. The number of carbonyl (C=O) groups is 1. The van der Waals surface area contributed by atoms with Crippen molar-refractivity contribution < 1.29 is 9.53 Å². The van der Waals surface area contributed by atoms with E-state index in [-0.39, 0.29) is 12.0 Å². The predicted octanol–water partition coefficient (Wildman–Crippen LogP) is 3.84. The van der Waals surface area contributed by atoms with Crippen molar-refractivity contribution in [2.45, 2.75) is 12.5 Å². The third-order valence-electron chi connectivity index (χ3n) is 3.38. The molecule has 1 N–H and O–H groups in total. The summed E-state index contributed by atoms with van der Waals surface area (Å²) < 4.78 is 6.63. The number of nitrogens with one attached hydrogen (secondary N) is 1. The summed E-state index contributed by atoms with van der Waals surface area (Å²) in [6.07, 6.45) is 0.783. The lowest BCUT2D eigenvalue weighted by molar-refractivity contribution is 0.0933. The minimum absolute atomic E-state index is 0.0272. The van der Waals surface area contributed by atoms with Gasteiger partial charge in [-0.3, -0.25) is 4.79 Å². The monoisotopic (exact) mass is 365 g/mol. The molecule has 0 bridgehead atoms. The Kier molecular flexibility index (Phi) is 4.17. The fourth-order valence-electron chi connectivity index (χ4n) is 2.34. The summed E-state index contributed by atoms with van der Waals surface area (Å²) in [5.74, 6) is 0.713. The summed E-state index contributed by atoms with van der Waals surface area (Å²) in [6.45, 7) is 0.458. The quantitative estimate of drug-likeness (QED) is 0.896. The fraction of sp³-hybridized carbons (Fsp3) is 0.188. The van der Waals surface area contributed by atoms with Gasteiger partial charge >= 0.3 is 0 Å². The van der Waals surface area contributed by atoms with Crippen molar-refractivity contribution in [1.29, 1.82) is 0 Å². The van der Waals surface area contributed by atoms with Gasteiger partial charge < -0.3 is 10.1 Å². The molecule has 108 valence electrons. The van der Waals surface area contributed by atoms with Crippen molar-refractivity contribution in [2.75, 3.05) is 6.54 Å². The molecule has 1 aliphatic rings. The van der Waals surface area contributed by atoms with Gasteiger partial charge in [-0.15, -0.1) is 0 Å². The molecular weight excluding hydrogens is 354 g/mol. The Balaban J connectivity index is 1.60. The number of para-hydroxylation sites is 1. The zero-order valence-corrected chi connectivity index (χ0v) is 13.4. The first-order chi connectivity index (χ1) is 10.1. The first-order valence-corrected chi connectivity index (χ1v) is 7.78. The highest BCUT2D eigenvalue weighted by Crippen LogP contribution is 2.28. The Morgan fingerprint density at radius 2 is 2.14 bits per heavy atom. The maximum atomic E-state index is 12.1. The van der Waals surface area contributed by atoms with Crippen molar-refractivity contribution >= 4 is 33.4 Å². The van der Waals surface area contributed by atoms with Crippen LogP contribution in [-0.2, 0) is 6.42 Å². The van der Waals surface area contributed by atoms with E-state index in [4.69, 9.17) is 16.3 Å². The Labute approximate surface area is 136 Å². The first kappa shape index (κ1) is 14.4. The molecule has 0 unspecified atom stereocenters. The van der Waals surface area contributed by atoms with E-state index in [9.17, 15) is 4.79 Å². The molecule has 0 saturated carbocycles. The van der Waals surface area contributed by atoms with Crippen molar-refractivity contribution in [3.05, 3.63) is 63.1 Å². The lowest BCUT2D eigenvalue weighted by Gasteiger charge is -2.12. The molecule has 0 aliphatic carbocycles. The second kappa shape index (κ2) is 6.08. The average Bonchev–Trinajstić information content (AvgIpc) is 2.87. The van der Waals surface area contributed by atoms with Crippen molar-refractivity contribution in [2.24, 2.45) is 0 Å². The number of hydrogen-bond donors (Lipinski definition) is 1. The van der Waals surface area contributed by atoms with Gasteiger partial charge in [0, 0.05) is 10.9 Å². The third-order valence-corrected chi connectivity index (χ3v) is 4.19. The zero-order chi connectivity index (χ0) is 14.8. The maximum Gasteiger partial charge on any atom is 0.252 e. The molecule has 2 aromatic rings. The Hall–Kier alpha value is -1.52. The average molecular weight is 367 g/mol. The number of ether oxygens (including phenoxy) is 1. The largest absolute Gasteiger partial charge is 0.488 e. The van der Waals surface area contributed by atoms with Gasteiger partial charge in [0.05, 0.1) is 17.1 Å². The van der Waals surface area contributed by atoms with Crippen LogP contribution in [0, 0.1) is 0 Å². The third kappa shape index (κ3) is 3.22. The van der Waals surface area contributed by atoms with Gasteiger partial charge in [0.1, 0.15) is 11.9 Å². The number of hydrogen-bond acceptors (Lipinski definition) is 2. The smallest absolute Gasteiger partial charge is 0.252 e. The van der Waals surface area contributed by atoms with Crippen LogP contribution in [-0.4, -0.2) is 18.6 Å². The molecule has 21 heavy (non-hydrogen) atoms. The summed E-state index contributed by atoms with van der Waals surface area (Å²) in [4.78, 5) is 12.1. The summed E-state index contributed by atoms with van der Waals surface area (Å²) in [5, 5.41) is 3.30. The molecule has 1 amide bonds. The van der Waals surface area contributed by atoms with Crippen molar-refractivity contribution in [1.82, 2.24) is 5.32 Å². The van der Waals surface area contributed by atoms with Gasteiger partial charge in [0.15, 0.2) is 0 Å². The molecular formula is C16H13BrClNO2. The topological polar surface area (TPSA) is 38.3 Å². The maximum absolute atomic E-state index is 12.1. The highest BCUT2D eigenvalue weighted by atomic mass is 79.9. The predicted molar refractivity (Wildman–Crippen MR) is 86.0 cm³/mol. The second-order valence-corrected chi connectivity index (χ2v) is 6.21. The number of benzene rings is 2. The molecule has 5 heteroatoms. The minimum atomic E-state index is -0.188. The van der Waals surface area contributed by atoms with Crippen LogP contribution in [0.25, 0.3) is 0 Å². The molecule has 1 heterocycles. The van der Waals surface area contributed by atoms with E-state index in [0.29, 0.717) is 17.1 Å². The molecule has 3 nitrogen and oxygen atoms in total. The van der Waals surface area contributed by atoms with Gasteiger partial charge in [0.2, 0.25) is 0 Å². The highest BCUT2D eigenvalue weighted by Gasteiger charge is 2.23. The van der Waals surface area contributed by atoms with Gasteiger partial charge in [0.25, 0.3) is 5.91 Å². The van der Waals surface area contributed by atoms with E-state index in [1.807, 2.05) is 24.3 Å². The molecule has 0 radical (unpaired) electrons. The highest BCUT2D eigenvalue weighted by molar-refractivity contribution is 9.10. The second-order valence-electron chi connectivity index (χ2n) is 4.89. The van der Waals surface area contributed by atoms with Gasteiger partial charge in [-0.2, -0.15) is 0 Å². The molecule has 3 rings (SSSR count). The zero-order valence-electron chi connectivity index (χ0n) is 11.1. The van der Waals surface area contributed by atoms with Gasteiger partial charge in [-0.1, -0.05) is 45.7 Å². The summed E-state index contributed by atoms with van der Waals surface area (Å²) in [5.41, 5.74) is 1.65. The lowest BCUT2D eigenvalue weighted by Crippen LogP contribution is -2.34. The van der Waals surface area contributed by atoms with Crippen molar-refractivity contribution in [3.63, 3.8) is 0 Å². The van der Waals surface area contributed by atoms with Gasteiger partial charge in [-0.05, 0) is 29.8 Å². The number of halogens is 2. The Morgan fingerprint density at radius 3 is 2.90 bits per heavy atom. The van der Waals surface area contributed by atoms with E-state index in [1.54, 1.807) is 18.2 Å². The number of amides is 1. The fourth-order valence-corrected chi connectivity index (χ4v) is 3.10. The van der Waals surface area contributed by atoms with E-state index >= 15 is 0 Å². The van der Waals surface area contributed by atoms with E-state index in [0.717, 1.165) is 16.6 Å². The van der Waals surface area contributed by atoms with Gasteiger partial charge in [-0.25, -0.2) is 0 Å². The van der Waals surface area contributed by atoms with Crippen LogP contribution in [0.4, 0.5) is 0 Å². The Bertz CT molecular complexity index is 665.